The summed E-state index contributed by atoms with van der Waals surface area (Å²) in [5, 5.41) is 2.67. The molecule has 1 rings (SSSR count). The Morgan fingerprint density at radius 3 is 2.39 bits per heavy atom. The fourth-order valence-electron chi connectivity index (χ4n) is 1.88. The maximum Gasteiger partial charge on any atom is 0.408 e. The number of benzene rings is 1. The van der Waals surface area contributed by atoms with Gasteiger partial charge in [0.2, 0.25) is 10.0 Å². The van der Waals surface area contributed by atoms with Gasteiger partial charge in [-0.15, -0.1) is 0 Å². The van der Waals surface area contributed by atoms with Crippen molar-refractivity contribution in [3.63, 3.8) is 0 Å². The highest BCUT2D eigenvalue weighted by Crippen LogP contribution is 2.25. The summed E-state index contributed by atoms with van der Waals surface area (Å²) in [6.45, 7) is 5.23. The molecule has 0 saturated carbocycles. The van der Waals surface area contributed by atoms with E-state index in [1.54, 1.807) is 45.0 Å². The van der Waals surface area contributed by atoms with Gasteiger partial charge in [0.25, 0.3) is 0 Å². The Balaban J connectivity index is 2.99. The monoisotopic (exact) mass is 344 g/mol. The second-order valence-corrected chi connectivity index (χ2v) is 7.89. The van der Waals surface area contributed by atoms with E-state index < -0.39 is 27.8 Å². The van der Waals surface area contributed by atoms with Crippen LogP contribution >= 0.6 is 0 Å². The van der Waals surface area contributed by atoms with Gasteiger partial charge < -0.3 is 14.8 Å². The normalized spacial score (nSPS) is 13.3. The molecule has 0 aliphatic heterocycles. The van der Waals surface area contributed by atoms with Crippen LogP contribution in [0.4, 0.5) is 4.79 Å². The molecule has 1 atom stereocenters. The van der Waals surface area contributed by atoms with Crippen LogP contribution in [0.2, 0.25) is 0 Å². The van der Waals surface area contributed by atoms with Gasteiger partial charge in [-0.25, -0.2) is 17.9 Å². The van der Waals surface area contributed by atoms with Gasteiger partial charge in [0.15, 0.2) is 0 Å². The van der Waals surface area contributed by atoms with Crippen molar-refractivity contribution in [2.45, 2.75) is 32.4 Å². The predicted octanol–water partition coefficient (Wildman–Crippen LogP) is 1.81. The maximum atomic E-state index is 12.0. The standard InChI is InChI=1S/C15H24N2O5S/c1-15(2,3)22-14(18)17-12(10-16-23(5,19)20)11-8-6-7-9-13(11)21-4/h6-9,12,16H,10H2,1-5H3,(H,17,18)/t12-/m1/s1. The number of nitrogens with one attached hydrogen (secondary N) is 2. The van der Waals surface area contributed by atoms with Gasteiger partial charge in [-0.1, -0.05) is 18.2 Å². The zero-order chi connectivity index (χ0) is 17.7. The zero-order valence-electron chi connectivity index (χ0n) is 14.0. The minimum atomic E-state index is -3.40. The highest BCUT2D eigenvalue weighted by atomic mass is 32.2. The van der Waals surface area contributed by atoms with Crippen LogP contribution < -0.4 is 14.8 Å². The molecule has 1 aromatic carbocycles. The Morgan fingerprint density at radius 1 is 1.26 bits per heavy atom. The fourth-order valence-corrected chi connectivity index (χ4v) is 2.35. The second-order valence-electron chi connectivity index (χ2n) is 6.06. The van der Waals surface area contributed by atoms with Crippen LogP contribution in [0.25, 0.3) is 0 Å². The van der Waals surface area contributed by atoms with Gasteiger partial charge in [0.05, 0.1) is 19.4 Å². The van der Waals surface area contributed by atoms with Crippen LogP contribution in [0, 0.1) is 0 Å². The highest BCUT2D eigenvalue weighted by molar-refractivity contribution is 7.88. The topological polar surface area (TPSA) is 93.7 Å². The number of sulfonamides is 1. The Morgan fingerprint density at radius 2 is 1.87 bits per heavy atom. The predicted molar refractivity (Wildman–Crippen MR) is 88.0 cm³/mol. The Kier molecular flexibility index (Phi) is 6.40. The van der Waals surface area contributed by atoms with Crippen molar-refractivity contribution in [2.75, 3.05) is 19.9 Å². The molecule has 0 aliphatic rings. The molecule has 1 aromatic rings. The van der Waals surface area contributed by atoms with Gasteiger partial charge >= 0.3 is 6.09 Å². The molecule has 2 N–H and O–H groups in total. The summed E-state index contributed by atoms with van der Waals surface area (Å²) in [5.41, 5.74) is -0.00310. The third-order valence-electron chi connectivity index (χ3n) is 2.75. The van der Waals surface area contributed by atoms with Crippen molar-refractivity contribution in [3.8, 4) is 5.75 Å². The largest absolute Gasteiger partial charge is 0.496 e. The minimum absolute atomic E-state index is 0.0154. The first-order valence-electron chi connectivity index (χ1n) is 7.09. The van der Waals surface area contributed by atoms with Crippen LogP contribution in [0.1, 0.15) is 32.4 Å². The smallest absolute Gasteiger partial charge is 0.408 e. The van der Waals surface area contributed by atoms with Crippen molar-refractivity contribution in [1.29, 1.82) is 0 Å². The van der Waals surface area contributed by atoms with Crippen LogP contribution in [0.3, 0.4) is 0 Å². The molecule has 7 nitrogen and oxygen atoms in total. The Hall–Kier alpha value is -1.80. The van der Waals surface area contributed by atoms with Crippen molar-refractivity contribution in [1.82, 2.24) is 10.0 Å². The first-order chi connectivity index (χ1) is 10.5. The van der Waals surface area contributed by atoms with E-state index in [-0.39, 0.29) is 6.54 Å². The zero-order valence-corrected chi connectivity index (χ0v) is 14.9. The Labute approximate surface area is 137 Å². The first-order valence-corrected chi connectivity index (χ1v) is 8.98. The molecule has 0 bridgehead atoms. The third-order valence-corrected chi connectivity index (χ3v) is 3.45. The van der Waals surface area contributed by atoms with Crippen LogP contribution in [0.5, 0.6) is 5.75 Å². The van der Waals surface area contributed by atoms with E-state index in [0.29, 0.717) is 11.3 Å². The van der Waals surface area contributed by atoms with E-state index in [0.717, 1.165) is 6.26 Å². The number of alkyl carbamates (subject to hydrolysis) is 1. The minimum Gasteiger partial charge on any atom is -0.496 e. The van der Waals surface area contributed by atoms with E-state index in [9.17, 15) is 13.2 Å². The lowest BCUT2D eigenvalue weighted by atomic mass is 10.1. The van der Waals surface area contributed by atoms with Gasteiger partial charge in [-0.2, -0.15) is 0 Å². The molecule has 0 fully saturated rings. The summed E-state index contributed by atoms with van der Waals surface area (Å²) in [6, 6.07) is 6.43. The number of ether oxygens (including phenoxy) is 2. The maximum absolute atomic E-state index is 12.0. The summed E-state index contributed by atoms with van der Waals surface area (Å²) in [6.07, 6.45) is 0.420. The number of hydrogen-bond donors (Lipinski definition) is 2. The van der Waals surface area contributed by atoms with E-state index in [1.165, 1.54) is 7.11 Å². The molecule has 0 saturated heterocycles. The summed E-state index contributed by atoms with van der Waals surface area (Å²) >= 11 is 0. The average Bonchev–Trinajstić information content (AvgIpc) is 2.40. The van der Waals surface area contributed by atoms with E-state index in [4.69, 9.17) is 9.47 Å². The van der Waals surface area contributed by atoms with E-state index in [1.807, 2.05) is 0 Å². The highest BCUT2D eigenvalue weighted by Gasteiger charge is 2.23. The van der Waals surface area contributed by atoms with Crippen molar-refractivity contribution < 1.29 is 22.7 Å². The number of para-hydroxylation sites is 1. The van der Waals surface area contributed by atoms with Gasteiger partial charge in [-0.05, 0) is 26.8 Å². The molecular formula is C15H24N2O5S. The first kappa shape index (κ1) is 19.2. The number of carbonyl (C=O) groups excluding carboxylic acids is 1. The molecule has 130 valence electrons. The average molecular weight is 344 g/mol. The van der Waals surface area contributed by atoms with Crippen LogP contribution in [0.15, 0.2) is 24.3 Å². The SMILES string of the molecule is COc1ccccc1[C@@H](CNS(C)(=O)=O)NC(=O)OC(C)(C)C. The summed E-state index contributed by atoms with van der Waals surface area (Å²) < 4.78 is 35.6. The molecule has 0 radical (unpaired) electrons. The fraction of sp³-hybridized carbons (Fsp3) is 0.533. The van der Waals surface area contributed by atoms with Crippen molar-refractivity contribution >= 4 is 16.1 Å². The molecule has 0 aliphatic carbocycles. The third kappa shape index (κ3) is 7.34. The lowest BCUT2D eigenvalue weighted by Gasteiger charge is -2.25. The molecule has 1 amide bonds. The van der Waals surface area contributed by atoms with Crippen molar-refractivity contribution in [3.05, 3.63) is 29.8 Å². The molecule has 8 heteroatoms. The van der Waals surface area contributed by atoms with Gasteiger partial charge in [-0.3, -0.25) is 0 Å². The number of carbonyl (C=O) groups is 1. The second kappa shape index (κ2) is 7.65. The molecule has 23 heavy (non-hydrogen) atoms. The number of rotatable bonds is 6. The summed E-state index contributed by atoms with van der Waals surface area (Å²) in [7, 11) is -1.89. The quantitative estimate of drug-likeness (QED) is 0.821. The van der Waals surface area contributed by atoms with E-state index >= 15 is 0 Å². The van der Waals surface area contributed by atoms with Crippen LogP contribution in [-0.2, 0) is 14.8 Å². The molecular weight excluding hydrogens is 320 g/mol. The lowest BCUT2D eigenvalue weighted by molar-refractivity contribution is 0.0503. The van der Waals surface area contributed by atoms with Gasteiger partial charge in [0, 0.05) is 12.1 Å². The molecule has 0 spiro atoms. The van der Waals surface area contributed by atoms with Gasteiger partial charge in [0.1, 0.15) is 11.4 Å². The van der Waals surface area contributed by atoms with Crippen molar-refractivity contribution in [2.24, 2.45) is 0 Å². The number of hydrogen-bond acceptors (Lipinski definition) is 5. The van der Waals surface area contributed by atoms with Crippen LogP contribution in [-0.4, -0.2) is 40.0 Å². The molecule has 0 aromatic heterocycles. The number of methoxy groups -OCH3 is 1. The summed E-state index contributed by atoms with van der Waals surface area (Å²) in [4.78, 5) is 12.0. The lowest BCUT2D eigenvalue weighted by Crippen LogP contribution is -2.40. The molecule has 0 heterocycles. The number of amides is 1. The molecule has 0 unspecified atom stereocenters. The van der Waals surface area contributed by atoms with E-state index in [2.05, 4.69) is 10.0 Å². The summed E-state index contributed by atoms with van der Waals surface area (Å²) in [5.74, 6) is 0.545. The Bertz CT molecular complexity index is 638.